The highest BCUT2D eigenvalue weighted by molar-refractivity contribution is 6.46. The lowest BCUT2D eigenvalue weighted by Gasteiger charge is -2.27. The highest BCUT2D eigenvalue weighted by atomic mass is 35.5. The predicted molar refractivity (Wildman–Crippen MR) is 138 cm³/mol. The quantitative estimate of drug-likeness (QED) is 0.214. The van der Waals surface area contributed by atoms with Crippen molar-refractivity contribution in [3.63, 3.8) is 0 Å². The number of hydrogen-bond acceptors (Lipinski definition) is 4. The Kier molecular flexibility index (Phi) is 9.87. The van der Waals surface area contributed by atoms with Crippen LogP contribution in [0.3, 0.4) is 0 Å². The Bertz CT molecular complexity index is 1030. The molecule has 3 rings (SSSR count). The third-order valence-corrected chi connectivity index (χ3v) is 6.62. The van der Waals surface area contributed by atoms with Crippen LogP contribution in [0.4, 0.5) is 4.39 Å². The Morgan fingerprint density at radius 3 is 2.09 bits per heavy atom. The van der Waals surface area contributed by atoms with Gasteiger partial charge in [-0.1, -0.05) is 50.4 Å². The van der Waals surface area contributed by atoms with Crippen molar-refractivity contribution in [1.29, 1.82) is 0 Å². The normalized spacial score (nSPS) is 17.5. The number of amides is 1. The van der Waals surface area contributed by atoms with Gasteiger partial charge >= 0.3 is 0 Å². The minimum atomic E-state index is -0.786. The standard InChI is InChI=1S/C28H34ClFN2O3/c1-3-5-16-31(17-6-4-2)18-7-19-32-25(20-10-14-23(30)15-11-20)24(27(34)28(32)35)26(33)21-8-12-22(29)13-9-21/h8-15,25,33H,3-7,16-19H2,1-2H3/b26-24-. The summed E-state index contributed by atoms with van der Waals surface area (Å²) in [5.74, 6) is -2.06. The van der Waals surface area contributed by atoms with E-state index in [4.69, 9.17) is 11.6 Å². The van der Waals surface area contributed by atoms with Crippen LogP contribution in [0.15, 0.2) is 54.1 Å². The molecule has 35 heavy (non-hydrogen) atoms. The maximum atomic E-state index is 13.7. The molecule has 1 fully saturated rings. The van der Waals surface area contributed by atoms with E-state index in [1.165, 1.54) is 17.0 Å². The zero-order valence-corrected chi connectivity index (χ0v) is 21.2. The molecule has 0 spiro atoms. The first-order valence-electron chi connectivity index (χ1n) is 12.4. The highest BCUT2D eigenvalue weighted by Crippen LogP contribution is 2.39. The van der Waals surface area contributed by atoms with Gasteiger partial charge in [0.1, 0.15) is 11.6 Å². The average molecular weight is 501 g/mol. The molecule has 188 valence electrons. The number of halogens is 2. The van der Waals surface area contributed by atoms with Gasteiger partial charge in [-0.3, -0.25) is 9.59 Å². The van der Waals surface area contributed by atoms with E-state index in [9.17, 15) is 19.1 Å². The zero-order chi connectivity index (χ0) is 25.4. The highest BCUT2D eigenvalue weighted by Gasteiger charge is 2.45. The van der Waals surface area contributed by atoms with Gasteiger partial charge in [-0.05, 0) is 80.9 Å². The number of likely N-dealkylation sites (tertiary alicyclic amines) is 1. The maximum absolute atomic E-state index is 13.7. The second kappa shape index (κ2) is 12.8. The third-order valence-electron chi connectivity index (χ3n) is 6.37. The molecule has 1 aliphatic heterocycles. The molecule has 2 aromatic carbocycles. The van der Waals surface area contributed by atoms with E-state index in [2.05, 4.69) is 18.7 Å². The third kappa shape index (κ3) is 6.71. The maximum Gasteiger partial charge on any atom is 0.295 e. The predicted octanol–water partition coefficient (Wildman–Crippen LogP) is 6.19. The molecule has 1 unspecified atom stereocenters. The molecule has 7 heteroatoms. The molecule has 1 heterocycles. The lowest BCUT2D eigenvalue weighted by Crippen LogP contribution is -2.34. The SMILES string of the molecule is CCCCN(CCCC)CCCN1C(=O)C(=O)/C(=C(\O)c2ccc(Cl)cc2)C1c1ccc(F)cc1. The summed E-state index contributed by atoms with van der Waals surface area (Å²) in [5, 5.41) is 11.6. The first kappa shape index (κ1) is 26.9. The van der Waals surface area contributed by atoms with E-state index in [1.54, 1.807) is 36.4 Å². The summed E-state index contributed by atoms with van der Waals surface area (Å²) in [6.07, 6.45) is 5.16. The van der Waals surface area contributed by atoms with Crippen molar-refractivity contribution in [3.05, 3.63) is 76.1 Å². The van der Waals surface area contributed by atoms with E-state index in [1.807, 2.05) is 0 Å². The van der Waals surface area contributed by atoms with Gasteiger partial charge in [0.05, 0.1) is 11.6 Å². The molecule has 0 radical (unpaired) electrons. The van der Waals surface area contributed by atoms with Crippen molar-refractivity contribution in [1.82, 2.24) is 9.80 Å². The lowest BCUT2D eigenvalue weighted by atomic mass is 9.95. The fourth-order valence-corrected chi connectivity index (χ4v) is 4.56. The number of benzene rings is 2. The summed E-state index contributed by atoms with van der Waals surface area (Å²) in [6, 6.07) is 11.4. The van der Waals surface area contributed by atoms with Crippen LogP contribution in [0.25, 0.3) is 5.76 Å². The fraction of sp³-hybridized carbons (Fsp3) is 0.429. The Hall–Kier alpha value is -2.70. The van der Waals surface area contributed by atoms with Crippen molar-refractivity contribution in [3.8, 4) is 0 Å². The molecule has 1 aliphatic rings. The van der Waals surface area contributed by atoms with Crippen LogP contribution in [-0.4, -0.2) is 52.8 Å². The van der Waals surface area contributed by atoms with E-state index in [0.29, 0.717) is 29.1 Å². The molecule has 1 atom stereocenters. The van der Waals surface area contributed by atoms with Gasteiger partial charge in [-0.25, -0.2) is 4.39 Å². The van der Waals surface area contributed by atoms with Gasteiger partial charge in [-0.2, -0.15) is 0 Å². The van der Waals surface area contributed by atoms with Crippen LogP contribution in [0.2, 0.25) is 5.02 Å². The van der Waals surface area contributed by atoms with Crippen molar-refractivity contribution < 1.29 is 19.1 Å². The number of aliphatic hydroxyl groups is 1. The molecule has 1 saturated heterocycles. The second-order valence-corrected chi connectivity index (χ2v) is 9.39. The molecule has 0 bridgehead atoms. The summed E-state index contributed by atoms with van der Waals surface area (Å²) in [6.45, 7) is 7.53. The minimum Gasteiger partial charge on any atom is -0.507 e. The number of aliphatic hydroxyl groups excluding tert-OH is 1. The van der Waals surface area contributed by atoms with Crippen molar-refractivity contribution >= 4 is 29.1 Å². The lowest BCUT2D eigenvalue weighted by molar-refractivity contribution is -0.140. The molecular formula is C28H34ClFN2O3. The van der Waals surface area contributed by atoms with Gasteiger partial charge in [0.25, 0.3) is 11.7 Å². The molecule has 0 saturated carbocycles. The van der Waals surface area contributed by atoms with Gasteiger partial charge < -0.3 is 14.9 Å². The number of hydrogen-bond donors (Lipinski definition) is 1. The number of carbonyl (C=O) groups is 2. The van der Waals surface area contributed by atoms with Crippen LogP contribution < -0.4 is 0 Å². The molecule has 0 aromatic heterocycles. The number of rotatable bonds is 12. The molecule has 1 amide bonds. The minimum absolute atomic E-state index is 0.0118. The Morgan fingerprint density at radius 1 is 0.943 bits per heavy atom. The number of unbranched alkanes of at least 4 members (excludes halogenated alkanes) is 2. The van der Waals surface area contributed by atoms with Gasteiger partial charge in [-0.15, -0.1) is 0 Å². The van der Waals surface area contributed by atoms with Crippen molar-refractivity contribution in [2.75, 3.05) is 26.2 Å². The second-order valence-electron chi connectivity index (χ2n) is 8.95. The summed E-state index contributed by atoms with van der Waals surface area (Å²) in [7, 11) is 0. The summed E-state index contributed by atoms with van der Waals surface area (Å²) >= 11 is 5.97. The Balaban J connectivity index is 1.90. The number of carbonyl (C=O) groups excluding carboxylic acids is 2. The Morgan fingerprint density at radius 2 is 1.51 bits per heavy atom. The van der Waals surface area contributed by atoms with E-state index < -0.39 is 23.5 Å². The monoisotopic (exact) mass is 500 g/mol. The molecule has 1 N–H and O–H groups in total. The fourth-order valence-electron chi connectivity index (χ4n) is 4.43. The first-order chi connectivity index (χ1) is 16.9. The average Bonchev–Trinajstić information content (AvgIpc) is 3.10. The van der Waals surface area contributed by atoms with Crippen LogP contribution in [0.1, 0.15) is 63.1 Å². The molecule has 0 aliphatic carbocycles. The number of nitrogens with zero attached hydrogens (tertiary/aromatic N) is 2. The number of Topliss-reactive ketones (excluding diaryl/α,β-unsaturated/α-hetero) is 1. The summed E-state index contributed by atoms with van der Waals surface area (Å²) < 4.78 is 13.7. The van der Waals surface area contributed by atoms with E-state index in [0.717, 1.165) is 45.3 Å². The zero-order valence-electron chi connectivity index (χ0n) is 20.5. The van der Waals surface area contributed by atoms with Crippen molar-refractivity contribution in [2.45, 2.75) is 52.0 Å². The van der Waals surface area contributed by atoms with Crippen LogP contribution in [0.5, 0.6) is 0 Å². The number of ketones is 1. The van der Waals surface area contributed by atoms with Crippen molar-refractivity contribution in [2.24, 2.45) is 0 Å². The largest absolute Gasteiger partial charge is 0.507 e. The summed E-state index contributed by atoms with van der Waals surface area (Å²) in [5.41, 5.74) is 0.984. The van der Waals surface area contributed by atoms with Gasteiger partial charge in [0.2, 0.25) is 0 Å². The Labute approximate surface area is 212 Å². The van der Waals surface area contributed by atoms with Gasteiger partial charge in [0, 0.05) is 17.1 Å². The molecule has 2 aromatic rings. The first-order valence-corrected chi connectivity index (χ1v) is 12.8. The van der Waals surface area contributed by atoms with Gasteiger partial charge in [0.15, 0.2) is 0 Å². The smallest absolute Gasteiger partial charge is 0.295 e. The summed E-state index contributed by atoms with van der Waals surface area (Å²) in [4.78, 5) is 30.1. The van der Waals surface area contributed by atoms with E-state index in [-0.39, 0.29) is 11.3 Å². The topological polar surface area (TPSA) is 60.9 Å². The van der Waals surface area contributed by atoms with Crippen LogP contribution in [0, 0.1) is 5.82 Å². The molecular weight excluding hydrogens is 467 g/mol. The van der Waals surface area contributed by atoms with Crippen LogP contribution in [-0.2, 0) is 9.59 Å². The van der Waals surface area contributed by atoms with Crippen LogP contribution >= 0.6 is 11.6 Å². The van der Waals surface area contributed by atoms with E-state index >= 15 is 0 Å². The molecule has 5 nitrogen and oxygen atoms in total.